The van der Waals surface area contributed by atoms with E-state index in [4.69, 9.17) is 5.73 Å². The number of thiazole rings is 1. The molecule has 1 amide bonds. The van der Waals surface area contributed by atoms with Crippen LogP contribution in [-0.4, -0.2) is 28.9 Å². The molecule has 4 nitrogen and oxygen atoms in total. The second kappa shape index (κ2) is 6.48. The molecule has 1 aromatic rings. The van der Waals surface area contributed by atoms with Gasteiger partial charge in [0.1, 0.15) is 10.7 Å². The van der Waals surface area contributed by atoms with Crippen LogP contribution < -0.4 is 5.73 Å². The summed E-state index contributed by atoms with van der Waals surface area (Å²) in [6.07, 6.45) is 4.68. The maximum Gasteiger partial charge on any atom is 0.273 e. The summed E-state index contributed by atoms with van der Waals surface area (Å²) in [5, 5.41) is 2.67. The molecule has 19 heavy (non-hydrogen) atoms. The smallest absolute Gasteiger partial charge is 0.273 e. The van der Waals surface area contributed by atoms with Crippen LogP contribution in [0, 0.1) is 5.92 Å². The van der Waals surface area contributed by atoms with Crippen molar-refractivity contribution < 1.29 is 4.79 Å². The average molecular weight is 281 g/mol. The monoisotopic (exact) mass is 281 g/mol. The first kappa shape index (κ1) is 14.5. The van der Waals surface area contributed by atoms with Crippen molar-refractivity contribution in [2.45, 2.75) is 45.6 Å². The van der Waals surface area contributed by atoms with Gasteiger partial charge < -0.3 is 10.6 Å². The Morgan fingerprint density at radius 1 is 1.58 bits per heavy atom. The van der Waals surface area contributed by atoms with Crippen LogP contribution in [-0.2, 0) is 0 Å². The van der Waals surface area contributed by atoms with Gasteiger partial charge in [-0.25, -0.2) is 4.98 Å². The number of hydrogen-bond donors (Lipinski definition) is 1. The molecule has 1 fully saturated rings. The summed E-state index contributed by atoms with van der Waals surface area (Å²) in [5.74, 6) is 0.841. The molecule has 5 heteroatoms. The third kappa shape index (κ3) is 3.54. The van der Waals surface area contributed by atoms with E-state index in [9.17, 15) is 4.79 Å². The molecule has 2 atom stereocenters. The van der Waals surface area contributed by atoms with Crippen LogP contribution in [0.15, 0.2) is 5.38 Å². The summed E-state index contributed by atoms with van der Waals surface area (Å²) in [4.78, 5) is 18.7. The lowest BCUT2D eigenvalue weighted by atomic mass is 9.98. The van der Waals surface area contributed by atoms with Crippen LogP contribution in [0.1, 0.15) is 61.1 Å². The van der Waals surface area contributed by atoms with E-state index in [0.29, 0.717) is 5.69 Å². The molecular weight excluding hydrogens is 258 g/mol. The van der Waals surface area contributed by atoms with Crippen LogP contribution in [0.5, 0.6) is 0 Å². The van der Waals surface area contributed by atoms with Gasteiger partial charge in [-0.05, 0) is 32.1 Å². The highest BCUT2D eigenvalue weighted by atomic mass is 32.1. The van der Waals surface area contributed by atoms with E-state index in [1.807, 2.05) is 17.2 Å². The Balaban J connectivity index is 2.02. The van der Waals surface area contributed by atoms with Gasteiger partial charge in [-0.1, -0.05) is 13.3 Å². The van der Waals surface area contributed by atoms with Crippen molar-refractivity contribution in [3.05, 3.63) is 16.1 Å². The van der Waals surface area contributed by atoms with Gasteiger partial charge in [0.25, 0.3) is 5.91 Å². The molecule has 1 saturated heterocycles. The van der Waals surface area contributed by atoms with E-state index in [-0.39, 0.29) is 11.9 Å². The van der Waals surface area contributed by atoms with Crippen LogP contribution >= 0.6 is 11.3 Å². The molecule has 1 aliphatic heterocycles. The zero-order valence-corrected chi connectivity index (χ0v) is 12.6. The maximum absolute atomic E-state index is 12.4. The molecule has 1 aromatic heterocycles. The number of nitrogens with two attached hydrogens (primary N) is 1. The summed E-state index contributed by atoms with van der Waals surface area (Å²) in [7, 11) is 0. The SMILES string of the molecule is CCC1CCCN(C(=O)c2csc(C(C)N)n2)CC1. The highest BCUT2D eigenvalue weighted by Crippen LogP contribution is 2.22. The fourth-order valence-electron chi connectivity index (χ4n) is 2.53. The first-order chi connectivity index (χ1) is 9.11. The number of carbonyl (C=O) groups is 1. The lowest BCUT2D eigenvalue weighted by Gasteiger charge is -2.19. The number of likely N-dealkylation sites (tertiary alicyclic amines) is 1. The minimum Gasteiger partial charge on any atom is -0.337 e. The van der Waals surface area contributed by atoms with Gasteiger partial charge >= 0.3 is 0 Å². The molecule has 2 unspecified atom stereocenters. The van der Waals surface area contributed by atoms with Crippen LogP contribution in [0.2, 0.25) is 0 Å². The van der Waals surface area contributed by atoms with E-state index in [2.05, 4.69) is 11.9 Å². The molecule has 1 aliphatic rings. The molecule has 2 heterocycles. The molecule has 0 aromatic carbocycles. The quantitative estimate of drug-likeness (QED) is 0.926. The molecular formula is C14H23N3OS. The standard InChI is InChI=1S/C14H23N3OS/c1-3-11-5-4-7-17(8-6-11)14(18)12-9-19-13(16-12)10(2)15/h9-11H,3-8,15H2,1-2H3. The zero-order valence-electron chi connectivity index (χ0n) is 11.8. The van der Waals surface area contributed by atoms with Crippen molar-refractivity contribution in [2.24, 2.45) is 11.7 Å². The molecule has 0 saturated carbocycles. The van der Waals surface area contributed by atoms with Crippen LogP contribution in [0.25, 0.3) is 0 Å². The van der Waals surface area contributed by atoms with E-state index >= 15 is 0 Å². The Hall–Kier alpha value is -0.940. The Kier molecular flexibility index (Phi) is 4.93. The summed E-state index contributed by atoms with van der Waals surface area (Å²) >= 11 is 1.48. The van der Waals surface area contributed by atoms with Crippen molar-refractivity contribution in [1.29, 1.82) is 0 Å². The van der Waals surface area contributed by atoms with Gasteiger partial charge in [0, 0.05) is 18.5 Å². The van der Waals surface area contributed by atoms with E-state index in [0.717, 1.165) is 36.9 Å². The summed E-state index contributed by atoms with van der Waals surface area (Å²) < 4.78 is 0. The third-order valence-electron chi connectivity index (χ3n) is 3.84. The molecule has 106 valence electrons. The fourth-order valence-corrected chi connectivity index (χ4v) is 3.29. The molecule has 0 aliphatic carbocycles. The topological polar surface area (TPSA) is 59.2 Å². The van der Waals surface area contributed by atoms with Crippen molar-refractivity contribution >= 4 is 17.2 Å². The van der Waals surface area contributed by atoms with E-state index in [1.165, 1.54) is 24.2 Å². The second-order valence-corrected chi connectivity index (χ2v) is 6.25. The molecule has 0 spiro atoms. The van der Waals surface area contributed by atoms with E-state index in [1.54, 1.807) is 0 Å². The van der Waals surface area contributed by atoms with E-state index < -0.39 is 0 Å². The minimum absolute atomic E-state index is 0.0694. The number of hydrogen-bond acceptors (Lipinski definition) is 4. The predicted octanol–water partition coefficient (Wildman–Crippen LogP) is 2.82. The Bertz CT molecular complexity index is 430. The van der Waals surface area contributed by atoms with Crippen molar-refractivity contribution in [1.82, 2.24) is 9.88 Å². The summed E-state index contributed by atoms with van der Waals surface area (Å²) in [5.41, 5.74) is 6.35. The maximum atomic E-state index is 12.4. The lowest BCUT2D eigenvalue weighted by Crippen LogP contribution is -2.32. The molecule has 2 N–H and O–H groups in total. The number of carbonyl (C=O) groups excluding carboxylic acids is 1. The van der Waals surface area contributed by atoms with Gasteiger partial charge in [-0.15, -0.1) is 11.3 Å². The van der Waals surface area contributed by atoms with Crippen molar-refractivity contribution in [3.8, 4) is 0 Å². The number of rotatable bonds is 3. The number of aromatic nitrogens is 1. The highest BCUT2D eigenvalue weighted by molar-refractivity contribution is 7.09. The Labute approximate surface area is 119 Å². The predicted molar refractivity (Wildman–Crippen MR) is 78.3 cm³/mol. The highest BCUT2D eigenvalue weighted by Gasteiger charge is 2.22. The molecule has 2 rings (SSSR count). The van der Waals surface area contributed by atoms with Crippen LogP contribution in [0.4, 0.5) is 0 Å². The number of nitrogens with zero attached hydrogens (tertiary/aromatic N) is 2. The largest absolute Gasteiger partial charge is 0.337 e. The first-order valence-corrected chi connectivity index (χ1v) is 8.00. The van der Waals surface area contributed by atoms with Crippen molar-refractivity contribution in [2.75, 3.05) is 13.1 Å². The van der Waals surface area contributed by atoms with Gasteiger partial charge in [0.15, 0.2) is 0 Å². The van der Waals surface area contributed by atoms with Gasteiger partial charge in [-0.3, -0.25) is 4.79 Å². The summed E-state index contributed by atoms with van der Waals surface area (Å²) in [6, 6.07) is -0.0971. The average Bonchev–Trinajstić information content (AvgIpc) is 2.77. The lowest BCUT2D eigenvalue weighted by molar-refractivity contribution is 0.0754. The van der Waals surface area contributed by atoms with Crippen LogP contribution in [0.3, 0.4) is 0 Å². The Morgan fingerprint density at radius 3 is 3.00 bits per heavy atom. The van der Waals surface area contributed by atoms with Gasteiger partial charge in [-0.2, -0.15) is 0 Å². The fraction of sp³-hybridized carbons (Fsp3) is 0.714. The summed E-state index contributed by atoms with van der Waals surface area (Å²) in [6.45, 7) is 5.85. The third-order valence-corrected chi connectivity index (χ3v) is 4.89. The Morgan fingerprint density at radius 2 is 2.37 bits per heavy atom. The first-order valence-electron chi connectivity index (χ1n) is 7.12. The van der Waals surface area contributed by atoms with Crippen molar-refractivity contribution in [3.63, 3.8) is 0 Å². The minimum atomic E-state index is -0.0971. The second-order valence-electron chi connectivity index (χ2n) is 5.36. The van der Waals surface area contributed by atoms with Gasteiger partial charge in [0.2, 0.25) is 0 Å². The van der Waals surface area contributed by atoms with Gasteiger partial charge in [0.05, 0.1) is 6.04 Å². The zero-order chi connectivity index (χ0) is 13.8. The number of amides is 1. The molecule has 0 radical (unpaired) electrons. The molecule has 0 bridgehead atoms. The normalized spacial score (nSPS) is 22.1.